The lowest BCUT2D eigenvalue weighted by molar-refractivity contribution is 0.207. The third-order valence-electron chi connectivity index (χ3n) is 5.77. The van der Waals surface area contributed by atoms with E-state index >= 15 is 0 Å². The predicted molar refractivity (Wildman–Crippen MR) is 101 cm³/mol. The van der Waals surface area contributed by atoms with Gasteiger partial charge in [0.15, 0.2) is 0 Å². The van der Waals surface area contributed by atoms with E-state index in [1.165, 1.54) is 58.0 Å². The van der Waals surface area contributed by atoms with E-state index in [0.29, 0.717) is 0 Å². The van der Waals surface area contributed by atoms with Gasteiger partial charge in [-0.2, -0.15) is 0 Å². The van der Waals surface area contributed by atoms with Crippen molar-refractivity contribution in [3.8, 4) is 5.75 Å². The Morgan fingerprint density at radius 1 is 1.08 bits per heavy atom. The molecule has 4 heteroatoms. The molecule has 0 aromatic heterocycles. The van der Waals surface area contributed by atoms with Crippen LogP contribution in [-0.4, -0.2) is 49.2 Å². The first-order chi connectivity index (χ1) is 12.3. The Morgan fingerprint density at radius 2 is 1.92 bits per heavy atom. The van der Waals surface area contributed by atoms with E-state index in [0.717, 1.165) is 43.4 Å². The first kappa shape index (κ1) is 16.9. The van der Waals surface area contributed by atoms with Crippen molar-refractivity contribution in [3.05, 3.63) is 29.8 Å². The number of hydrogen-bond donors (Lipinski definition) is 0. The molecule has 2 aliphatic heterocycles. The molecule has 0 amide bonds. The lowest BCUT2D eigenvalue weighted by Crippen LogP contribution is -2.30. The van der Waals surface area contributed by atoms with E-state index in [4.69, 9.17) is 14.5 Å². The summed E-state index contributed by atoms with van der Waals surface area (Å²) in [6, 6.07) is 8.24. The average molecular weight is 342 g/mol. The molecule has 4 rings (SSSR count). The van der Waals surface area contributed by atoms with Crippen molar-refractivity contribution >= 4 is 5.90 Å². The van der Waals surface area contributed by atoms with Crippen molar-refractivity contribution in [2.75, 3.05) is 32.8 Å². The minimum atomic E-state index is 0.0557. The van der Waals surface area contributed by atoms with Crippen LogP contribution in [0.1, 0.15) is 56.9 Å². The summed E-state index contributed by atoms with van der Waals surface area (Å²) in [4.78, 5) is 7.50. The number of benzene rings is 1. The summed E-state index contributed by atoms with van der Waals surface area (Å²) in [6.45, 7) is 5.20. The van der Waals surface area contributed by atoms with Crippen molar-refractivity contribution < 1.29 is 9.47 Å². The monoisotopic (exact) mass is 342 g/mol. The molecule has 3 aliphatic rings. The van der Waals surface area contributed by atoms with Crippen molar-refractivity contribution in [2.24, 2.45) is 4.99 Å². The van der Waals surface area contributed by atoms with Crippen molar-refractivity contribution in [1.29, 1.82) is 0 Å². The number of hydrogen-bond acceptors (Lipinski definition) is 4. The highest BCUT2D eigenvalue weighted by Gasteiger charge is 2.38. The molecule has 0 N–H and O–H groups in total. The summed E-state index contributed by atoms with van der Waals surface area (Å²) in [6.07, 6.45) is 10.0. The highest BCUT2D eigenvalue weighted by molar-refractivity contribution is 5.95. The number of rotatable bonds is 6. The zero-order valence-electron chi connectivity index (χ0n) is 15.2. The smallest absolute Gasteiger partial charge is 0.216 e. The van der Waals surface area contributed by atoms with E-state index in [1.807, 2.05) is 12.1 Å². The Morgan fingerprint density at radius 3 is 2.76 bits per heavy atom. The van der Waals surface area contributed by atoms with Crippen LogP contribution in [0.5, 0.6) is 5.75 Å². The van der Waals surface area contributed by atoms with E-state index in [2.05, 4.69) is 17.0 Å². The third kappa shape index (κ3) is 4.17. The van der Waals surface area contributed by atoms with Gasteiger partial charge in [-0.3, -0.25) is 0 Å². The fourth-order valence-electron chi connectivity index (χ4n) is 4.30. The summed E-state index contributed by atoms with van der Waals surface area (Å²) in [5.74, 6) is 1.74. The second kappa shape index (κ2) is 7.77. The molecule has 0 atom stereocenters. The largest absolute Gasteiger partial charge is 0.494 e. The third-order valence-corrected chi connectivity index (χ3v) is 5.77. The standard InChI is InChI=1S/C21H30N2O2/c1-2-10-21(11-3-1)17-25-20(22-21)18-8-6-9-19(16-18)24-15-7-14-23-12-4-5-13-23/h6,8-9,16H,1-5,7,10-15,17H2. The van der Waals surface area contributed by atoms with Gasteiger partial charge in [-0.1, -0.05) is 25.3 Å². The Bertz CT molecular complexity index is 602. The molecule has 1 saturated carbocycles. The molecular weight excluding hydrogens is 312 g/mol. The molecule has 0 unspecified atom stereocenters. The molecular formula is C21H30N2O2. The molecule has 0 bridgehead atoms. The first-order valence-electron chi connectivity index (χ1n) is 10.0. The normalized spacial score (nSPS) is 22.8. The van der Waals surface area contributed by atoms with Crippen molar-refractivity contribution in [1.82, 2.24) is 4.90 Å². The van der Waals surface area contributed by atoms with E-state index < -0.39 is 0 Å². The second-order valence-electron chi connectivity index (χ2n) is 7.77. The van der Waals surface area contributed by atoms with Gasteiger partial charge in [0.25, 0.3) is 0 Å². The average Bonchev–Trinajstić information content (AvgIpc) is 3.30. The summed E-state index contributed by atoms with van der Waals surface area (Å²) < 4.78 is 11.9. The fraction of sp³-hybridized carbons (Fsp3) is 0.667. The number of ether oxygens (including phenoxy) is 2. The zero-order valence-corrected chi connectivity index (χ0v) is 15.2. The molecule has 4 nitrogen and oxygen atoms in total. The Labute approximate surface area is 151 Å². The van der Waals surface area contributed by atoms with Gasteiger partial charge in [0.05, 0.1) is 12.1 Å². The maximum Gasteiger partial charge on any atom is 0.216 e. The van der Waals surface area contributed by atoms with E-state index in [-0.39, 0.29) is 5.54 Å². The maximum absolute atomic E-state index is 5.97. The van der Waals surface area contributed by atoms with E-state index in [9.17, 15) is 0 Å². The van der Waals surface area contributed by atoms with Gasteiger partial charge in [0, 0.05) is 12.1 Å². The molecule has 1 aromatic rings. The molecule has 25 heavy (non-hydrogen) atoms. The highest BCUT2D eigenvalue weighted by atomic mass is 16.5. The van der Waals surface area contributed by atoms with Crippen molar-refractivity contribution in [2.45, 2.75) is 56.9 Å². The summed E-state index contributed by atoms with van der Waals surface area (Å²) >= 11 is 0. The Hall–Kier alpha value is -1.55. The summed E-state index contributed by atoms with van der Waals surface area (Å²) in [5.41, 5.74) is 1.11. The van der Waals surface area contributed by atoms with Gasteiger partial charge in [0.1, 0.15) is 12.4 Å². The van der Waals surface area contributed by atoms with Crippen LogP contribution >= 0.6 is 0 Å². The van der Waals surface area contributed by atoms with Crippen LogP contribution in [0, 0.1) is 0 Å². The lowest BCUT2D eigenvalue weighted by atomic mass is 9.83. The molecule has 2 heterocycles. The van der Waals surface area contributed by atoms with Gasteiger partial charge in [0.2, 0.25) is 5.90 Å². The quantitative estimate of drug-likeness (QED) is 0.732. The number of nitrogens with zero attached hydrogens (tertiary/aromatic N) is 2. The maximum atomic E-state index is 5.97. The van der Waals surface area contributed by atoms with Crippen LogP contribution in [0.2, 0.25) is 0 Å². The fourth-order valence-corrected chi connectivity index (χ4v) is 4.30. The van der Waals surface area contributed by atoms with Gasteiger partial charge in [-0.05, 0) is 63.4 Å². The lowest BCUT2D eigenvalue weighted by Gasteiger charge is -2.27. The molecule has 1 spiro atoms. The van der Waals surface area contributed by atoms with Gasteiger partial charge in [-0.15, -0.1) is 0 Å². The van der Waals surface area contributed by atoms with Crippen LogP contribution in [0.4, 0.5) is 0 Å². The molecule has 1 aliphatic carbocycles. The highest BCUT2D eigenvalue weighted by Crippen LogP contribution is 2.36. The zero-order chi connectivity index (χ0) is 17.0. The van der Waals surface area contributed by atoms with Crippen LogP contribution in [-0.2, 0) is 4.74 Å². The Balaban J connectivity index is 1.32. The summed E-state index contributed by atoms with van der Waals surface area (Å²) in [5, 5.41) is 0. The molecule has 1 saturated heterocycles. The van der Waals surface area contributed by atoms with Gasteiger partial charge in [-0.25, -0.2) is 4.99 Å². The topological polar surface area (TPSA) is 34.1 Å². The van der Waals surface area contributed by atoms with Crippen LogP contribution < -0.4 is 4.74 Å². The van der Waals surface area contributed by atoms with Crippen LogP contribution in [0.25, 0.3) is 0 Å². The molecule has 2 fully saturated rings. The molecule has 0 radical (unpaired) electrons. The second-order valence-corrected chi connectivity index (χ2v) is 7.77. The molecule has 136 valence electrons. The van der Waals surface area contributed by atoms with Crippen molar-refractivity contribution in [3.63, 3.8) is 0 Å². The number of likely N-dealkylation sites (tertiary alicyclic amines) is 1. The summed E-state index contributed by atoms with van der Waals surface area (Å²) in [7, 11) is 0. The van der Waals surface area contributed by atoms with Crippen LogP contribution in [0.15, 0.2) is 29.3 Å². The van der Waals surface area contributed by atoms with E-state index in [1.54, 1.807) is 0 Å². The first-order valence-corrected chi connectivity index (χ1v) is 10.0. The minimum Gasteiger partial charge on any atom is -0.494 e. The van der Waals surface area contributed by atoms with Crippen LogP contribution in [0.3, 0.4) is 0 Å². The van der Waals surface area contributed by atoms with Gasteiger partial charge < -0.3 is 14.4 Å². The molecule has 1 aromatic carbocycles. The SMILES string of the molecule is c1cc(OCCCN2CCCC2)cc(C2=NC3(CCCCC3)CO2)c1. The predicted octanol–water partition coefficient (Wildman–Crippen LogP) is 4.03. The number of aliphatic imine (C=N–C) groups is 1. The minimum absolute atomic E-state index is 0.0557. The Kier molecular flexibility index (Phi) is 5.25. The van der Waals surface area contributed by atoms with Gasteiger partial charge >= 0.3 is 0 Å².